The fourth-order valence-electron chi connectivity index (χ4n) is 3.00. The van der Waals surface area contributed by atoms with Gasteiger partial charge in [-0.1, -0.05) is 0 Å². The second-order valence-electron chi connectivity index (χ2n) is 6.39. The zero-order chi connectivity index (χ0) is 21.0. The smallest absolute Gasteiger partial charge is 0.257 e. The van der Waals surface area contributed by atoms with Crippen LogP contribution in [0.5, 0.6) is 5.75 Å². The van der Waals surface area contributed by atoms with Gasteiger partial charge < -0.3 is 20.3 Å². The summed E-state index contributed by atoms with van der Waals surface area (Å²) in [5.41, 5.74) is 0.280. The number of ether oxygens (including phenoxy) is 1. The number of carbonyl (C=O) groups is 1. The van der Waals surface area contributed by atoms with Gasteiger partial charge in [-0.25, -0.2) is 13.8 Å². The first kappa shape index (κ1) is 20.3. The highest BCUT2D eigenvalue weighted by molar-refractivity contribution is 5.96. The molecule has 1 aromatic heterocycles. The van der Waals surface area contributed by atoms with Crippen molar-refractivity contribution in [3.63, 3.8) is 0 Å². The number of rotatable bonds is 6. The molecule has 1 amide bonds. The van der Waals surface area contributed by atoms with E-state index >= 15 is 0 Å². The van der Waals surface area contributed by atoms with Gasteiger partial charge in [-0.15, -0.1) is 0 Å². The van der Waals surface area contributed by atoms with Gasteiger partial charge in [-0.05, 0) is 19.4 Å². The molecule has 1 aromatic carbocycles. The Labute approximate surface area is 166 Å². The Kier molecular flexibility index (Phi) is 6.07. The standard InChI is InChI=1S/C19H20F2N6O2/c1-3-23-17-11(8-22)9-24-19(26-17)25-15-7-14(21)13(6-16(15)29-2)18(28)27-5-4-12(20)10-27/h6-7,9,12H,3-5,10H2,1-2H3,(H2,23,24,25,26)/t12-/m0/s1. The van der Waals surface area contributed by atoms with Gasteiger partial charge in [0.2, 0.25) is 5.95 Å². The predicted molar refractivity (Wildman–Crippen MR) is 103 cm³/mol. The molecule has 10 heteroatoms. The number of anilines is 3. The molecule has 1 aliphatic heterocycles. The number of nitrogens with one attached hydrogen (secondary N) is 2. The van der Waals surface area contributed by atoms with Crippen LogP contribution in [-0.4, -0.2) is 53.7 Å². The van der Waals surface area contributed by atoms with E-state index < -0.39 is 17.9 Å². The molecule has 1 atom stereocenters. The minimum atomic E-state index is -1.09. The normalized spacial score (nSPS) is 15.7. The average molecular weight is 402 g/mol. The second kappa shape index (κ2) is 8.68. The molecule has 0 bridgehead atoms. The molecule has 8 nitrogen and oxygen atoms in total. The van der Waals surface area contributed by atoms with Crippen molar-refractivity contribution in [2.45, 2.75) is 19.5 Å². The van der Waals surface area contributed by atoms with Crippen LogP contribution in [0.1, 0.15) is 29.3 Å². The van der Waals surface area contributed by atoms with Gasteiger partial charge in [0.1, 0.15) is 35.2 Å². The summed E-state index contributed by atoms with van der Waals surface area (Å²) in [6.07, 6.45) is 0.493. The zero-order valence-electron chi connectivity index (χ0n) is 16.0. The molecule has 152 valence electrons. The van der Waals surface area contributed by atoms with Crippen molar-refractivity contribution >= 4 is 23.4 Å². The first-order valence-electron chi connectivity index (χ1n) is 9.05. The lowest BCUT2D eigenvalue weighted by atomic mass is 10.1. The van der Waals surface area contributed by atoms with Crippen molar-refractivity contribution < 1.29 is 18.3 Å². The number of hydrogen-bond acceptors (Lipinski definition) is 7. The van der Waals surface area contributed by atoms with Crippen LogP contribution in [0.3, 0.4) is 0 Å². The molecular formula is C19H20F2N6O2. The third kappa shape index (κ3) is 4.34. The summed E-state index contributed by atoms with van der Waals surface area (Å²) in [5, 5.41) is 14.9. The van der Waals surface area contributed by atoms with Crippen LogP contribution < -0.4 is 15.4 Å². The van der Waals surface area contributed by atoms with Gasteiger partial charge in [0, 0.05) is 19.2 Å². The number of aromatic nitrogens is 2. The molecule has 2 N–H and O–H groups in total. The highest BCUT2D eigenvalue weighted by atomic mass is 19.1. The number of benzene rings is 1. The third-order valence-electron chi connectivity index (χ3n) is 4.44. The van der Waals surface area contributed by atoms with Crippen molar-refractivity contribution in [2.24, 2.45) is 0 Å². The van der Waals surface area contributed by atoms with Crippen LogP contribution in [-0.2, 0) is 0 Å². The van der Waals surface area contributed by atoms with Gasteiger partial charge in [0.15, 0.2) is 0 Å². The van der Waals surface area contributed by atoms with E-state index in [1.54, 1.807) is 0 Å². The number of methoxy groups -OCH3 is 1. The summed E-state index contributed by atoms with van der Waals surface area (Å²) in [6.45, 7) is 2.60. The van der Waals surface area contributed by atoms with Crippen molar-refractivity contribution in [3.8, 4) is 11.8 Å². The number of hydrogen-bond donors (Lipinski definition) is 2. The Morgan fingerprint density at radius 1 is 1.48 bits per heavy atom. The number of amides is 1. The van der Waals surface area contributed by atoms with E-state index in [9.17, 15) is 13.6 Å². The van der Waals surface area contributed by atoms with E-state index in [0.29, 0.717) is 12.4 Å². The van der Waals surface area contributed by atoms with Gasteiger partial charge in [0.25, 0.3) is 5.91 Å². The Hall–Kier alpha value is -3.48. The molecular weight excluding hydrogens is 382 g/mol. The van der Waals surface area contributed by atoms with Crippen molar-refractivity contribution in [1.82, 2.24) is 14.9 Å². The molecule has 1 saturated heterocycles. The lowest BCUT2D eigenvalue weighted by Crippen LogP contribution is -2.29. The van der Waals surface area contributed by atoms with Gasteiger partial charge in [-0.2, -0.15) is 10.2 Å². The summed E-state index contributed by atoms with van der Waals surface area (Å²) >= 11 is 0. The van der Waals surface area contributed by atoms with Crippen LogP contribution in [0.25, 0.3) is 0 Å². The van der Waals surface area contributed by atoms with Crippen LogP contribution in [0.15, 0.2) is 18.3 Å². The quantitative estimate of drug-likeness (QED) is 0.766. The van der Waals surface area contributed by atoms with E-state index in [1.165, 1.54) is 24.3 Å². The summed E-state index contributed by atoms with van der Waals surface area (Å²) in [4.78, 5) is 22.1. The SMILES string of the molecule is CCNc1nc(Nc2cc(F)c(C(=O)N3CC[C@H](F)C3)cc2OC)ncc1C#N. The van der Waals surface area contributed by atoms with E-state index in [4.69, 9.17) is 10.00 Å². The Morgan fingerprint density at radius 3 is 2.90 bits per heavy atom. The minimum Gasteiger partial charge on any atom is -0.495 e. The maximum Gasteiger partial charge on any atom is 0.257 e. The third-order valence-corrected chi connectivity index (χ3v) is 4.44. The van der Waals surface area contributed by atoms with Crippen molar-refractivity contribution in [1.29, 1.82) is 5.26 Å². The Morgan fingerprint density at radius 2 is 2.28 bits per heavy atom. The van der Waals surface area contributed by atoms with E-state index in [1.807, 2.05) is 13.0 Å². The number of nitrogens with zero attached hydrogens (tertiary/aromatic N) is 4. The van der Waals surface area contributed by atoms with E-state index in [0.717, 1.165) is 6.07 Å². The van der Waals surface area contributed by atoms with Crippen LogP contribution in [0, 0.1) is 17.1 Å². The highest BCUT2D eigenvalue weighted by Crippen LogP contribution is 2.31. The van der Waals surface area contributed by atoms with Crippen molar-refractivity contribution in [3.05, 3.63) is 35.3 Å². The van der Waals surface area contributed by atoms with E-state index in [2.05, 4.69) is 20.6 Å². The number of carbonyl (C=O) groups excluding carboxylic acids is 1. The number of halogens is 2. The molecule has 29 heavy (non-hydrogen) atoms. The Bertz CT molecular complexity index is 962. The molecule has 0 spiro atoms. The number of alkyl halides is 1. The number of likely N-dealkylation sites (tertiary alicyclic amines) is 1. The van der Waals surface area contributed by atoms with Gasteiger partial charge in [0.05, 0.1) is 31.1 Å². The van der Waals surface area contributed by atoms with Crippen LogP contribution in [0.4, 0.5) is 26.2 Å². The van der Waals surface area contributed by atoms with Crippen molar-refractivity contribution in [2.75, 3.05) is 37.4 Å². The minimum absolute atomic E-state index is 0.0487. The molecule has 2 aromatic rings. The molecule has 0 unspecified atom stereocenters. The van der Waals surface area contributed by atoms with Crippen LogP contribution >= 0.6 is 0 Å². The zero-order valence-corrected chi connectivity index (χ0v) is 16.0. The largest absolute Gasteiger partial charge is 0.495 e. The lowest BCUT2D eigenvalue weighted by Gasteiger charge is -2.18. The van der Waals surface area contributed by atoms with Crippen LogP contribution in [0.2, 0.25) is 0 Å². The first-order chi connectivity index (χ1) is 14.0. The maximum absolute atomic E-state index is 14.7. The summed E-state index contributed by atoms with van der Waals surface area (Å²) in [6, 6.07) is 4.35. The van der Waals surface area contributed by atoms with Gasteiger partial charge in [-0.3, -0.25) is 4.79 Å². The monoisotopic (exact) mass is 402 g/mol. The number of nitriles is 1. The molecule has 0 saturated carbocycles. The van der Waals surface area contributed by atoms with Gasteiger partial charge >= 0.3 is 0 Å². The highest BCUT2D eigenvalue weighted by Gasteiger charge is 2.29. The molecule has 0 aliphatic carbocycles. The molecule has 0 radical (unpaired) electrons. The fourth-order valence-corrected chi connectivity index (χ4v) is 3.00. The molecule has 1 aliphatic rings. The first-order valence-corrected chi connectivity index (χ1v) is 9.05. The van der Waals surface area contributed by atoms with E-state index in [-0.39, 0.29) is 48.0 Å². The second-order valence-corrected chi connectivity index (χ2v) is 6.39. The molecule has 3 rings (SSSR count). The predicted octanol–water partition coefficient (Wildman–Crippen LogP) is 2.86. The molecule has 2 heterocycles. The molecule has 1 fully saturated rings. The lowest BCUT2D eigenvalue weighted by molar-refractivity contribution is 0.0778. The summed E-state index contributed by atoms with van der Waals surface area (Å²) < 4.78 is 33.3. The topological polar surface area (TPSA) is 103 Å². The average Bonchev–Trinajstić information content (AvgIpc) is 3.14. The summed E-state index contributed by atoms with van der Waals surface area (Å²) in [7, 11) is 1.38. The fraction of sp³-hybridized carbons (Fsp3) is 0.368. The summed E-state index contributed by atoms with van der Waals surface area (Å²) in [5.74, 6) is -0.702. The maximum atomic E-state index is 14.7. The Balaban J connectivity index is 1.89.